The van der Waals surface area contributed by atoms with Gasteiger partial charge in [-0.15, -0.1) is 0 Å². The molecule has 10 heteroatoms. The molecule has 0 unspecified atom stereocenters. The van der Waals surface area contributed by atoms with Crippen LogP contribution in [-0.4, -0.2) is 27.9 Å². The number of halogens is 3. The molecule has 2 aromatic carbocycles. The number of benzene rings is 2. The molecular weight excluding hydrogens is 556 g/mol. The highest BCUT2D eigenvalue weighted by molar-refractivity contribution is 6.31. The standard InChI is InChI=1S/C30H28Cl2FN3O4/c1-29(2,3)13-16-11-19(26(37)35-17-9-7-15(8-10-17)27(38)39)24(18-5-4-6-21(31)25(18)33)30(16)20-14-34-23(32)12-22(20)36-28(30)40/h4-10,12,14,16,19,24H,11,13H2,1-3H3,(H,35,37)(H,36,40)(H,38,39)/t16-,19+,24-,30-/m0/s1. The molecule has 2 amide bonds. The number of anilines is 2. The summed E-state index contributed by atoms with van der Waals surface area (Å²) in [6.07, 6.45) is 2.41. The summed E-state index contributed by atoms with van der Waals surface area (Å²) in [7, 11) is 0. The number of hydrogen-bond donors (Lipinski definition) is 3. The van der Waals surface area contributed by atoms with Crippen LogP contribution in [0, 0.1) is 23.1 Å². The second-order valence-corrected chi connectivity index (χ2v) is 12.5. The van der Waals surface area contributed by atoms with Gasteiger partial charge in [0.15, 0.2) is 0 Å². The van der Waals surface area contributed by atoms with Crippen molar-refractivity contribution < 1.29 is 23.9 Å². The van der Waals surface area contributed by atoms with Gasteiger partial charge in [-0.3, -0.25) is 9.59 Å². The Bertz CT molecular complexity index is 1520. The molecule has 1 aliphatic carbocycles. The number of rotatable bonds is 5. The fourth-order valence-electron chi connectivity index (χ4n) is 6.52. The highest BCUT2D eigenvalue weighted by Gasteiger charge is 2.66. The van der Waals surface area contributed by atoms with Crippen molar-refractivity contribution in [1.82, 2.24) is 4.98 Å². The fourth-order valence-corrected chi connectivity index (χ4v) is 6.86. The molecule has 1 aliphatic heterocycles. The molecule has 40 heavy (non-hydrogen) atoms. The number of carboxylic acid groups (broad SMARTS) is 1. The summed E-state index contributed by atoms with van der Waals surface area (Å²) < 4.78 is 15.8. The number of fused-ring (bicyclic) bond motifs is 2. The highest BCUT2D eigenvalue weighted by Crippen LogP contribution is 2.64. The van der Waals surface area contributed by atoms with E-state index in [0.29, 0.717) is 29.8 Å². The maximum absolute atomic E-state index is 15.8. The lowest BCUT2D eigenvalue weighted by molar-refractivity contribution is -0.123. The Morgan fingerprint density at radius 2 is 1.88 bits per heavy atom. The van der Waals surface area contributed by atoms with Gasteiger partial charge in [0.25, 0.3) is 0 Å². The quantitative estimate of drug-likeness (QED) is 0.283. The van der Waals surface area contributed by atoms with Crippen LogP contribution in [0.3, 0.4) is 0 Å². The maximum Gasteiger partial charge on any atom is 0.335 e. The summed E-state index contributed by atoms with van der Waals surface area (Å²) in [6.45, 7) is 6.17. The average Bonchev–Trinajstić information content (AvgIpc) is 3.35. The van der Waals surface area contributed by atoms with E-state index in [-0.39, 0.29) is 38.5 Å². The van der Waals surface area contributed by atoms with Crippen LogP contribution in [0.5, 0.6) is 0 Å². The van der Waals surface area contributed by atoms with Gasteiger partial charge in [-0.1, -0.05) is 56.1 Å². The van der Waals surface area contributed by atoms with Gasteiger partial charge in [-0.05, 0) is 66.1 Å². The first kappa shape index (κ1) is 28.1. The number of pyridine rings is 1. The van der Waals surface area contributed by atoms with Crippen molar-refractivity contribution in [2.24, 2.45) is 17.3 Å². The summed E-state index contributed by atoms with van der Waals surface area (Å²) in [5.41, 5.74) is 0.147. The summed E-state index contributed by atoms with van der Waals surface area (Å²) in [4.78, 5) is 43.7. The van der Waals surface area contributed by atoms with Gasteiger partial charge in [0.1, 0.15) is 11.0 Å². The number of aromatic nitrogens is 1. The Labute approximate surface area is 241 Å². The van der Waals surface area contributed by atoms with Gasteiger partial charge in [-0.25, -0.2) is 14.2 Å². The van der Waals surface area contributed by atoms with Crippen LogP contribution < -0.4 is 10.6 Å². The summed E-state index contributed by atoms with van der Waals surface area (Å²) in [6, 6.07) is 12.0. The molecular formula is C30H28Cl2FN3O4. The summed E-state index contributed by atoms with van der Waals surface area (Å²) in [5, 5.41) is 15.1. The predicted octanol–water partition coefficient (Wildman–Crippen LogP) is 6.91. The molecule has 5 rings (SSSR count). The maximum atomic E-state index is 15.8. The first-order valence-electron chi connectivity index (χ1n) is 12.9. The van der Waals surface area contributed by atoms with E-state index in [2.05, 4.69) is 36.4 Å². The SMILES string of the molecule is CC(C)(C)C[C@@H]1C[C@@H](C(=O)Nc2ccc(C(=O)O)cc2)[C@H](c2cccc(Cl)c2F)[C@]12C(=O)Nc1cc(Cl)ncc12. The smallest absolute Gasteiger partial charge is 0.335 e. The normalized spacial score (nSPS) is 23.6. The minimum absolute atomic E-state index is 0.0762. The molecule has 2 heterocycles. The van der Waals surface area contributed by atoms with E-state index in [9.17, 15) is 19.5 Å². The van der Waals surface area contributed by atoms with Crippen molar-refractivity contribution in [2.45, 2.75) is 44.9 Å². The van der Waals surface area contributed by atoms with E-state index in [4.69, 9.17) is 23.2 Å². The van der Waals surface area contributed by atoms with Crippen LogP contribution >= 0.6 is 23.2 Å². The molecule has 208 valence electrons. The molecule has 3 N–H and O–H groups in total. The molecule has 1 fully saturated rings. The van der Waals surface area contributed by atoms with Crippen LogP contribution in [0.25, 0.3) is 0 Å². The topological polar surface area (TPSA) is 108 Å². The van der Waals surface area contributed by atoms with Crippen molar-refractivity contribution in [1.29, 1.82) is 0 Å². The number of hydrogen-bond acceptors (Lipinski definition) is 4. The number of carbonyl (C=O) groups excluding carboxylic acids is 2. The highest BCUT2D eigenvalue weighted by atomic mass is 35.5. The Morgan fingerprint density at radius 3 is 2.52 bits per heavy atom. The lowest BCUT2D eigenvalue weighted by Crippen LogP contribution is -2.45. The van der Waals surface area contributed by atoms with Crippen LogP contribution in [0.15, 0.2) is 54.7 Å². The molecule has 1 aromatic heterocycles. The van der Waals surface area contributed by atoms with Crippen molar-refractivity contribution in [2.75, 3.05) is 10.6 Å². The van der Waals surface area contributed by atoms with Crippen LogP contribution in [0.4, 0.5) is 15.8 Å². The van der Waals surface area contributed by atoms with Gasteiger partial charge in [0, 0.05) is 35.0 Å². The number of amides is 2. The molecule has 0 radical (unpaired) electrons. The van der Waals surface area contributed by atoms with E-state index in [1.807, 2.05) is 0 Å². The molecule has 4 atom stereocenters. The third kappa shape index (κ3) is 4.73. The second kappa shape index (κ2) is 10.2. The van der Waals surface area contributed by atoms with E-state index in [1.165, 1.54) is 30.3 Å². The number of nitrogens with one attached hydrogen (secondary N) is 2. The molecule has 3 aromatic rings. The zero-order chi connectivity index (χ0) is 29.0. The zero-order valence-corrected chi connectivity index (χ0v) is 23.6. The zero-order valence-electron chi connectivity index (χ0n) is 22.1. The van der Waals surface area contributed by atoms with Crippen LogP contribution in [-0.2, 0) is 15.0 Å². The molecule has 0 saturated heterocycles. The third-order valence-corrected chi connectivity index (χ3v) is 8.43. The minimum Gasteiger partial charge on any atom is -0.478 e. The van der Waals surface area contributed by atoms with E-state index in [0.717, 1.165) is 0 Å². The summed E-state index contributed by atoms with van der Waals surface area (Å²) >= 11 is 12.4. The Kier molecular flexibility index (Phi) is 7.13. The molecule has 0 bridgehead atoms. The van der Waals surface area contributed by atoms with Crippen molar-refractivity contribution in [3.63, 3.8) is 0 Å². The molecule has 2 aliphatic rings. The molecule has 7 nitrogen and oxygen atoms in total. The van der Waals surface area contributed by atoms with Gasteiger partial charge in [-0.2, -0.15) is 0 Å². The minimum atomic E-state index is -1.32. The second-order valence-electron chi connectivity index (χ2n) is 11.7. The Hall–Kier alpha value is -3.49. The van der Waals surface area contributed by atoms with Crippen molar-refractivity contribution >= 4 is 52.4 Å². The van der Waals surface area contributed by atoms with Gasteiger partial charge >= 0.3 is 5.97 Å². The van der Waals surface area contributed by atoms with Gasteiger partial charge in [0.2, 0.25) is 11.8 Å². The van der Waals surface area contributed by atoms with Gasteiger partial charge in [0.05, 0.1) is 16.0 Å². The Balaban J connectivity index is 1.69. The fraction of sp³-hybridized carbons (Fsp3) is 0.333. The van der Waals surface area contributed by atoms with Crippen molar-refractivity contribution in [3.8, 4) is 0 Å². The first-order valence-corrected chi connectivity index (χ1v) is 13.6. The first-order chi connectivity index (χ1) is 18.8. The van der Waals surface area contributed by atoms with Crippen LogP contribution in [0.2, 0.25) is 10.2 Å². The largest absolute Gasteiger partial charge is 0.478 e. The van der Waals surface area contributed by atoms with E-state index >= 15 is 4.39 Å². The lowest BCUT2D eigenvalue weighted by atomic mass is 9.62. The van der Waals surface area contributed by atoms with Gasteiger partial charge < -0.3 is 15.7 Å². The molecule has 1 saturated carbocycles. The number of carbonyl (C=O) groups is 3. The average molecular weight is 584 g/mol. The molecule has 1 spiro atoms. The predicted molar refractivity (Wildman–Crippen MR) is 151 cm³/mol. The van der Waals surface area contributed by atoms with Crippen LogP contribution in [0.1, 0.15) is 61.0 Å². The van der Waals surface area contributed by atoms with E-state index in [1.54, 1.807) is 24.4 Å². The number of aromatic carboxylic acids is 1. The lowest BCUT2D eigenvalue weighted by Gasteiger charge is -2.38. The number of nitrogens with zero attached hydrogens (tertiary/aromatic N) is 1. The number of carboxylic acids is 1. The van der Waals surface area contributed by atoms with Crippen molar-refractivity contribution in [3.05, 3.63) is 87.4 Å². The summed E-state index contributed by atoms with van der Waals surface area (Å²) in [5.74, 6) is -4.62. The van der Waals surface area contributed by atoms with E-state index < -0.39 is 34.9 Å². The monoisotopic (exact) mass is 583 g/mol. The Morgan fingerprint density at radius 1 is 1.18 bits per heavy atom. The third-order valence-electron chi connectivity index (χ3n) is 7.93.